The lowest BCUT2D eigenvalue weighted by molar-refractivity contribution is -0.0704. The number of aliphatic imine (C=N–C) groups is 1. The zero-order chi connectivity index (χ0) is 19.1. The molecule has 0 radical (unpaired) electrons. The van der Waals surface area contributed by atoms with Crippen molar-refractivity contribution in [3.05, 3.63) is 57.8 Å². The van der Waals surface area contributed by atoms with Gasteiger partial charge in [-0.2, -0.15) is 0 Å². The smallest absolute Gasteiger partial charge is 0.188 e. The monoisotopic (exact) mass is 386 g/mol. The average Bonchev–Trinajstić information content (AvgIpc) is 3.14. The second-order valence-electron chi connectivity index (χ2n) is 7.23. The number of benzene rings is 1. The molecule has 0 saturated carbocycles. The number of hydrogen-bond acceptors (Lipinski definition) is 4. The quantitative estimate of drug-likeness (QED) is 0.567. The minimum absolute atomic E-state index is 0.303. The van der Waals surface area contributed by atoms with Crippen molar-refractivity contribution >= 4 is 17.3 Å². The first-order chi connectivity index (χ1) is 13.1. The molecule has 2 atom stereocenters. The molecule has 27 heavy (non-hydrogen) atoms. The number of hydrogen-bond donors (Lipinski definition) is 2. The summed E-state index contributed by atoms with van der Waals surface area (Å²) in [5.74, 6) is 0.506. The third-order valence-corrected chi connectivity index (χ3v) is 5.55. The van der Waals surface area contributed by atoms with Gasteiger partial charge in [0.1, 0.15) is 0 Å². The maximum absolute atomic E-state index is 5.96. The Balaban J connectivity index is 1.42. The number of guanidine groups is 1. The minimum atomic E-state index is 0.303. The highest BCUT2D eigenvalue weighted by Crippen LogP contribution is 2.15. The molecule has 2 unspecified atom stereocenters. The van der Waals surface area contributed by atoms with Crippen LogP contribution in [0.3, 0.4) is 0 Å². The summed E-state index contributed by atoms with van der Waals surface area (Å²) < 4.78 is 5.80. The van der Waals surface area contributed by atoms with Crippen molar-refractivity contribution in [1.82, 2.24) is 10.2 Å². The highest BCUT2D eigenvalue weighted by atomic mass is 32.1. The Kier molecular flexibility index (Phi) is 7.26. The van der Waals surface area contributed by atoms with Crippen LogP contribution in [-0.4, -0.2) is 42.7 Å². The van der Waals surface area contributed by atoms with Crippen LogP contribution in [-0.2, 0) is 24.2 Å². The van der Waals surface area contributed by atoms with Crippen molar-refractivity contribution in [3.63, 3.8) is 0 Å². The molecule has 1 aromatic heterocycles. The predicted octanol–water partition coefficient (Wildman–Crippen LogP) is 3.00. The maximum atomic E-state index is 5.96. The van der Waals surface area contributed by atoms with Crippen LogP contribution in [0.25, 0.3) is 0 Å². The Morgan fingerprint density at radius 3 is 2.56 bits per heavy atom. The van der Waals surface area contributed by atoms with Gasteiger partial charge in [0.25, 0.3) is 0 Å². The van der Waals surface area contributed by atoms with Gasteiger partial charge in [-0.05, 0) is 42.8 Å². The number of nitrogens with zero attached hydrogens (tertiary/aromatic N) is 2. The largest absolute Gasteiger partial charge is 0.373 e. The lowest BCUT2D eigenvalue weighted by Gasteiger charge is -2.35. The van der Waals surface area contributed by atoms with E-state index in [-0.39, 0.29) is 0 Å². The van der Waals surface area contributed by atoms with Crippen LogP contribution in [0.15, 0.2) is 46.8 Å². The van der Waals surface area contributed by atoms with E-state index in [1.54, 1.807) is 11.3 Å². The molecule has 146 valence electrons. The van der Waals surface area contributed by atoms with E-state index in [1.165, 1.54) is 16.0 Å². The van der Waals surface area contributed by atoms with Crippen LogP contribution in [0.5, 0.6) is 0 Å². The van der Waals surface area contributed by atoms with Crippen molar-refractivity contribution in [2.24, 2.45) is 10.7 Å². The first kappa shape index (κ1) is 19.9. The maximum Gasteiger partial charge on any atom is 0.188 e. The van der Waals surface area contributed by atoms with E-state index in [0.717, 1.165) is 32.6 Å². The SMILES string of the molecule is CC1CN(Cc2ccc(CN=C(N)NCCc3cccs3)cc2)CC(C)O1. The van der Waals surface area contributed by atoms with Crippen molar-refractivity contribution in [2.75, 3.05) is 19.6 Å². The fraction of sp³-hybridized carbons (Fsp3) is 0.476. The molecule has 1 aliphatic heterocycles. The molecule has 0 amide bonds. The van der Waals surface area contributed by atoms with Crippen LogP contribution in [0.4, 0.5) is 0 Å². The van der Waals surface area contributed by atoms with Gasteiger partial charge in [-0.15, -0.1) is 11.3 Å². The lowest BCUT2D eigenvalue weighted by atomic mass is 10.1. The molecule has 0 bridgehead atoms. The highest BCUT2D eigenvalue weighted by Gasteiger charge is 2.21. The van der Waals surface area contributed by atoms with Gasteiger partial charge in [0.2, 0.25) is 0 Å². The second kappa shape index (κ2) is 9.88. The van der Waals surface area contributed by atoms with Crippen molar-refractivity contribution in [3.8, 4) is 0 Å². The third-order valence-electron chi connectivity index (χ3n) is 4.61. The van der Waals surface area contributed by atoms with Gasteiger partial charge >= 0.3 is 0 Å². The fourth-order valence-electron chi connectivity index (χ4n) is 3.42. The molecular formula is C21H30N4OS. The number of morpholine rings is 1. The Morgan fingerprint density at radius 1 is 1.19 bits per heavy atom. The molecule has 3 N–H and O–H groups in total. The van der Waals surface area contributed by atoms with Gasteiger partial charge in [0.15, 0.2) is 5.96 Å². The van der Waals surface area contributed by atoms with Gasteiger partial charge < -0.3 is 15.8 Å². The topological polar surface area (TPSA) is 62.9 Å². The first-order valence-electron chi connectivity index (χ1n) is 9.60. The summed E-state index contributed by atoms with van der Waals surface area (Å²) >= 11 is 1.77. The Hall–Kier alpha value is -1.89. The van der Waals surface area contributed by atoms with Crippen LogP contribution in [0, 0.1) is 0 Å². The summed E-state index contributed by atoms with van der Waals surface area (Å²) in [6.45, 7) is 8.64. The highest BCUT2D eigenvalue weighted by molar-refractivity contribution is 7.09. The molecule has 1 saturated heterocycles. The van der Waals surface area contributed by atoms with E-state index in [9.17, 15) is 0 Å². The van der Waals surface area contributed by atoms with E-state index in [2.05, 4.69) is 70.8 Å². The number of thiophene rings is 1. The van der Waals surface area contributed by atoms with Crippen molar-refractivity contribution in [1.29, 1.82) is 0 Å². The number of rotatable bonds is 7. The van der Waals surface area contributed by atoms with Crippen LogP contribution < -0.4 is 11.1 Å². The standard InChI is InChI=1S/C21H30N4OS/c1-16-13-25(14-17(2)26-16)15-19-7-5-18(6-8-19)12-24-21(22)23-10-9-20-4-3-11-27-20/h3-8,11,16-17H,9-10,12-15H2,1-2H3,(H3,22,23,24). The molecule has 3 rings (SSSR count). The first-order valence-corrected chi connectivity index (χ1v) is 10.5. The van der Waals surface area contributed by atoms with E-state index in [4.69, 9.17) is 10.5 Å². The molecule has 6 heteroatoms. The lowest BCUT2D eigenvalue weighted by Crippen LogP contribution is -2.44. The minimum Gasteiger partial charge on any atom is -0.373 e. The summed E-state index contributed by atoms with van der Waals surface area (Å²) in [6, 6.07) is 12.9. The number of nitrogens with one attached hydrogen (secondary N) is 1. The van der Waals surface area contributed by atoms with Crippen LogP contribution >= 0.6 is 11.3 Å². The number of ether oxygens (including phenoxy) is 1. The molecule has 1 aromatic carbocycles. The second-order valence-corrected chi connectivity index (χ2v) is 8.26. The normalized spacial score (nSPS) is 21.3. The predicted molar refractivity (Wildman–Crippen MR) is 113 cm³/mol. The molecule has 1 aliphatic rings. The van der Waals surface area contributed by atoms with E-state index in [0.29, 0.717) is 24.7 Å². The van der Waals surface area contributed by atoms with Gasteiger partial charge in [0.05, 0.1) is 18.8 Å². The molecule has 0 aliphatic carbocycles. The summed E-state index contributed by atoms with van der Waals surface area (Å²) in [4.78, 5) is 8.25. The Morgan fingerprint density at radius 2 is 1.89 bits per heavy atom. The Labute approximate surface area is 166 Å². The summed E-state index contributed by atoms with van der Waals surface area (Å²) in [6.07, 6.45) is 1.58. The van der Waals surface area contributed by atoms with Crippen molar-refractivity contribution < 1.29 is 4.74 Å². The van der Waals surface area contributed by atoms with Gasteiger partial charge in [-0.25, -0.2) is 4.99 Å². The summed E-state index contributed by atoms with van der Waals surface area (Å²) in [7, 11) is 0. The zero-order valence-electron chi connectivity index (χ0n) is 16.2. The van der Waals surface area contributed by atoms with Crippen LogP contribution in [0.1, 0.15) is 29.9 Å². The molecular weight excluding hydrogens is 356 g/mol. The fourth-order valence-corrected chi connectivity index (χ4v) is 4.13. The number of nitrogens with two attached hydrogens (primary N) is 1. The molecule has 2 aromatic rings. The molecule has 5 nitrogen and oxygen atoms in total. The zero-order valence-corrected chi connectivity index (χ0v) is 17.0. The van der Waals surface area contributed by atoms with E-state index in [1.807, 2.05) is 0 Å². The third kappa shape index (κ3) is 6.65. The molecule has 0 spiro atoms. The van der Waals surface area contributed by atoms with Gasteiger partial charge in [-0.1, -0.05) is 30.3 Å². The Bertz CT molecular complexity index is 704. The summed E-state index contributed by atoms with van der Waals surface area (Å²) in [5.41, 5.74) is 8.46. The molecule has 1 fully saturated rings. The van der Waals surface area contributed by atoms with Crippen molar-refractivity contribution in [2.45, 2.75) is 45.6 Å². The van der Waals surface area contributed by atoms with Crippen LogP contribution in [0.2, 0.25) is 0 Å². The summed E-state index contributed by atoms with van der Waals surface area (Å²) in [5, 5.41) is 5.27. The van der Waals surface area contributed by atoms with Gasteiger partial charge in [-0.3, -0.25) is 4.90 Å². The molecule has 2 heterocycles. The van der Waals surface area contributed by atoms with E-state index < -0.39 is 0 Å². The van der Waals surface area contributed by atoms with E-state index >= 15 is 0 Å². The van der Waals surface area contributed by atoms with Gasteiger partial charge in [0, 0.05) is 31.1 Å². The average molecular weight is 387 g/mol.